The van der Waals surface area contributed by atoms with E-state index in [9.17, 15) is 14.9 Å². The van der Waals surface area contributed by atoms with Crippen LogP contribution in [0.1, 0.15) is 5.76 Å². The number of thioether (sulfide) groups is 1. The van der Waals surface area contributed by atoms with Crippen LogP contribution in [0.5, 0.6) is 11.5 Å². The fraction of sp³-hybridized carbons (Fsp3) is 0.0909. The molecule has 1 fully saturated rings. The number of carbonyl (C=O) groups excluding carboxylic acids is 1. The summed E-state index contributed by atoms with van der Waals surface area (Å²) < 4.78 is 16.3. The lowest BCUT2D eigenvalue weighted by molar-refractivity contribution is -0.384. The highest BCUT2D eigenvalue weighted by atomic mass is 32.2. The molecular formula is C22H17N3O6S. The van der Waals surface area contributed by atoms with Crippen molar-refractivity contribution < 1.29 is 23.6 Å². The molecule has 4 rings (SSSR count). The third kappa shape index (κ3) is 4.49. The molecule has 10 heteroatoms. The highest BCUT2D eigenvalue weighted by molar-refractivity contribution is 8.18. The molecule has 0 aliphatic carbocycles. The summed E-state index contributed by atoms with van der Waals surface area (Å²) in [5, 5.41) is 13.9. The topological polar surface area (TPSA) is 116 Å². The Labute approximate surface area is 186 Å². The minimum Gasteiger partial charge on any atom is -0.497 e. The van der Waals surface area contributed by atoms with E-state index < -0.39 is 4.92 Å². The zero-order valence-corrected chi connectivity index (χ0v) is 17.8. The van der Waals surface area contributed by atoms with Crippen LogP contribution in [0.25, 0.3) is 17.4 Å². The van der Waals surface area contributed by atoms with Gasteiger partial charge in [0, 0.05) is 29.8 Å². The number of furan rings is 1. The summed E-state index contributed by atoms with van der Waals surface area (Å²) in [5.41, 5.74) is 1.25. The first kappa shape index (κ1) is 21.2. The SMILES string of the molecule is COc1ccc(N=C2NC(=O)C(=Cc3ccc(-c4ccc([N+](=O)[O-])cc4)o3)S2)c(OC)c1. The molecule has 0 unspecified atom stereocenters. The average molecular weight is 451 g/mol. The number of methoxy groups -OCH3 is 2. The minimum atomic E-state index is -0.460. The van der Waals surface area contributed by atoms with Crippen LogP contribution < -0.4 is 14.8 Å². The second-order valence-corrected chi connectivity index (χ2v) is 7.56. The first-order valence-corrected chi connectivity index (χ1v) is 10.1. The third-order valence-electron chi connectivity index (χ3n) is 4.52. The van der Waals surface area contributed by atoms with Gasteiger partial charge < -0.3 is 19.2 Å². The summed E-state index contributed by atoms with van der Waals surface area (Å²) in [6.07, 6.45) is 1.61. The fourth-order valence-electron chi connectivity index (χ4n) is 2.93. The maximum absolute atomic E-state index is 12.4. The summed E-state index contributed by atoms with van der Waals surface area (Å²) in [7, 11) is 3.09. The number of aliphatic imine (C=N–C) groups is 1. The molecule has 0 saturated carbocycles. The molecule has 1 aromatic heterocycles. The van der Waals surface area contributed by atoms with Crippen LogP contribution in [0.3, 0.4) is 0 Å². The predicted octanol–water partition coefficient (Wildman–Crippen LogP) is 4.76. The molecule has 2 aromatic carbocycles. The molecule has 3 aromatic rings. The number of amidine groups is 1. The van der Waals surface area contributed by atoms with Crippen molar-refractivity contribution in [3.8, 4) is 22.8 Å². The van der Waals surface area contributed by atoms with Crippen LogP contribution in [-0.2, 0) is 4.79 Å². The molecule has 1 amide bonds. The Kier molecular flexibility index (Phi) is 5.95. The first-order valence-electron chi connectivity index (χ1n) is 9.33. The van der Waals surface area contributed by atoms with Gasteiger partial charge >= 0.3 is 0 Å². The van der Waals surface area contributed by atoms with Crippen molar-refractivity contribution in [1.82, 2.24) is 5.32 Å². The monoisotopic (exact) mass is 451 g/mol. The number of nitro benzene ring substituents is 1. The van der Waals surface area contributed by atoms with E-state index >= 15 is 0 Å². The molecule has 0 atom stereocenters. The van der Waals surface area contributed by atoms with E-state index in [1.54, 1.807) is 55.7 Å². The normalized spacial score (nSPS) is 15.8. The van der Waals surface area contributed by atoms with Gasteiger partial charge in [0.05, 0.1) is 24.0 Å². The predicted molar refractivity (Wildman–Crippen MR) is 121 cm³/mol. The summed E-state index contributed by atoms with van der Waals surface area (Å²) in [6, 6.07) is 14.7. The quantitative estimate of drug-likeness (QED) is 0.326. The van der Waals surface area contributed by atoms with Crippen molar-refractivity contribution in [2.45, 2.75) is 0 Å². The third-order valence-corrected chi connectivity index (χ3v) is 5.43. The van der Waals surface area contributed by atoms with Gasteiger partial charge in [-0.25, -0.2) is 4.99 Å². The molecule has 0 radical (unpaired) electrons. The maximum atomic E-state index is 12.4. The molecule has 1 aliphatic rings. The highest BCUT2D eigenvalue weighted by Gasteiger charge is 2.25. The molecule has 0 bridgehead atoms. The average Bonchev–Trinajstić information content (AvgIpc) is 3.40. The Balaban J connectivity index is 1.53. The number of nitrogens with zero attached hydrogens (tertiary/aromatic N) is 2. The molecule has 1 aliphatic heterocycles. The van der Waals surface area contributed by atoms with E-state index in [2.05, 4.69) is 10.3 Å². The molecule has 0 spiro atoms. The number of hydrogen-bond acceptors (Lipinski definition) is 8. The second kappa shape index (κ2) is 8.98. The Bertz CT molecular complexity index is 1250. The Morgan fingerprint density at radius 2 is 1.88 bits per heavy atom. The number of nitrogens with one attached hydrogen (secondary N) is 1. The van der Waals surface area contributed by atoms with E-state index in [4.69, 9.17) is 13.9 Å². The number of amides is 1. The van der Waals surface area contributed by atoms with Gasteiger partial charge in [-0.1, -0.05) is 0 Å². The lowest BCUT2D eigenvalue weighted by atomic mass is 10.1. The van der Waals surface area contributed by atoms with E-state index in [1.807, 2.05) is 0 Å². The van der Waals surface area contributed by atoms with E-state index in [-0.39, 0.29) is 11.6 Å². The maximum Gasteiger partial charge on any atom is 0.269 e. The van der Waals surface area contributed by atoms with Crippen molar-refractivity contribution in [1.29, 1.82) is 0 Å². The lowest BCUT2D eigenvalue weighted by Crippen LogP contribution is -2.19. The number of ether oxygens (including phenoxy) is 2. The number of non-ortho nitro benzene ring substituents is 1. The van der Waals surface area contributed by atoms with Crippen LogP contribution in [0.4, 0.5) is 11.4 Å². The number of rotatable bonds is 6. The molecule has 1 saturated heterocycles. The van der Waals surface area contributed by atoms with Crippen molar-refractivity contribution in [2.75, 3.05) is 14.2 Å². The lowest BCUT2D eigenvalue weighted by Gasteiger charge is -2.07. The first-order chi connectivity index (χ1) is 15.5. The van der Waals surface area contributed by atoms with Crippen molar-refractivity contribution in [3.63, 3.8) is 0 Å². The van der Waals surface area contributed by atoms with Gasteiger partial charge in [-0.15, -0.1) is 0 Å². The molecule has 162 valence electrons. The van der Waals surface area contributed by atoms with Gasteiger partial charge in [0.25, 0.3) is 11.6 Å². The van der Waals surface area contributed by atoms with Crippen molar-refractivity contribution in [2.24, 2.45) is 4.99 Å². The van der Waals surface area contributed by atoms with E-state index in [1.165, 1.54) is 31.0 Å². The van der Waals surface area contributed by atoms with E-state index in [0.717, 1.165) is 0 Å². The number of hydrogen-bond donors (Lipinski definition) is 1. The second-order valence-electron chi connectivity index (χ2n) is 6.53. The highest BCUT2D eigenvalue weighted by Crippen LogP contribution is 2.35. The Morgan fingerprint density at radius 1 is 1.09 bits per heavy atom. The van der Waals surface area contributed by atoms with Crippen LogP contribution in [-0.4, -0.2) is 30.2 Å². The molecule has 1 N–H and O–H groups in total. The van der Waals surface area contributed by atoms with Gasteiger partial charge in [0.1, 0.15) is 28.7 Å². The van der Waals surface area contributed by atoms with Crippen LogP contribution >= 0.6 is 11.8 Å². The van der Waals surface area contributed by atoms with Gasteiger partial charge in [-0.3, -0.25) is 14.9 Å². The van der Waals surface area contributed by atoms with Gasteiger partial charge in [-0.2, -0.15) is 0 Å². The molecule has 2 heterocycles. The Morgan fingerprint density at radius 3 is 2.56 bits per heavy atom. The smallest absolute Gasteiger partial charge is 0.269 e. The van der Waals surface area contributed by atoms with Crippen LogP contribution in [0, 0.1) is 10.1 Å². The van der Waals surface area contributed by atoms with Crippen molar-refractivity contribution >= 4 is 40.3 Å². The van der Waals surface area contributed by atoms with Gasteiger partial charge in [-0.05, 0) is 48.2 Å². The van der Waals surface area contributed by atoms with Crippen LogP contribution in [0.15, 0.2) is 68.9 Å². The van der Waals surface area contributed by atoms with Crippen molar-refractivity contribution in [3.05, 3.63) is 75.4 Å². The fourth-order valence-corrected chi connectivity index (χ4v) is 3.74. The van der Waals surface area contributed by atoms with Gasteiger partial charge in [0.15, 0.2) is 5.17 Å². The minimum absolute atomic E-state index is 0.00183. The van der Waals surface area contributed by atoms with Gasteiger partial charge in [0.2, 0.25) is 0 Å². The van der Waals surface area contributed by atoms with Crippen LogP contribution in [0.2, 0.25) is 0 Å². The summed E-state index contributed by atoms with van der Waals surface area (Å²) in [6.45, 7) is 0. The summed E-state index contributed by atoms with van der Waals surface area (Å²) >= 11 is 1.18. The summed E-state index contributed by atoms with van der Waals surface area (Å²) in [5.74, 6) is 1.86. The largest absolute Gasteiger partial charge is 0.497 e. The molecule has 32 heavy (non-hydrogen) atoms. The standard InChI is InChI=1S/C22H17N3O6S/c1-29-15-7-9-17(19(11-15)30-2)23-22-24-21(26)20(32-22)12-16-8-10-18(31-16)13-3-5-14(6-4-13)25(27)28/h3-12H,1-2H3,(H,23,24,26). The molecular weight excluding hydrogens is 434 g/mol. The number of carbonyl (C=O) groups is 1. The zero-order valence-electron chi connectivity index (χ0n) is 17.0. The summed E-state index contributed by atoms with van der Waals surface area (Å²) in [4.78, 5) is 27.6. The number of benzene rings is 2. The van der Waals surface area contributed by atoms with E-state index in [0.29, 0.717) is 44.3 Å². The zero-order chi connectivity index (χ0) is 22.7. The molecule has 9 nitrogen and oxygen atoms in total. The number of nitro groups is 1. The Hall–Kier alpha value is -4.05.